The van der Waals surface area contributed by atoms with E-state index in [-0.39, 0.29) is 23.5 Å². The molecule has 3 aliphatic rings. The molecule has 178 valence electrons. The van der Waals surface area contributed by atoms with Crippen molar-refractivity contribution in [3.05, 3.63) is 21.9 Å². The van der Waals surface area contributed by atoms with Crippen molar-refractivity contribution in [1.82, 2.24) is 14.5 Å². The van der Waals surface area contributed by atoms with Crippen LogP contribution in [-0.4, -0.2) is 54.0 Å². The Morgan fingerprint density at radius 1 is 1.25 bits per heavy atom. The first kappa shape index (κ1) is 25.5. The standard InChI is InChI=1S/C19H29N3O6S.CO2/c1-12-14(28-29(6,25)26)15(23)22-11-13-7-9-19(10-8-13,16(22)20-12)21(5)17(24)27-18(2,3)4;2-1-3/h13H,7-11H2,1-6H3;. The second-order valence-electron chi connectivity index (χ2n) is 9.15. The highest BCUT2D eigenvalue weighted by molar-refractivity contribution is 7.86. The zero-order chi connectivity index (χ0) is 24.5. The van der Waals surface area contributed by atoms with E-state index in [1.165, 1.54) is 4.57 Å². The Bertz CT molecular complexity index is 1070. The number of hydrogen-bond donors (Lipinski definition) is 0. The molecule has 2 bridgehead atoms. The number of fused-ring (bicyclic) bond motifs is 2. The number of carbonyl (C=O) groups excluding carboxylic acids is 3. The third-order valence-corrected chi connectivity index (χ3v) is 6.10. The van der Waals surface area contributed by atoms with Gasteiger partial charge in [-0.3, -0.25) is 14.3 Å². The number of aromatic nitrogens is 2. The number of carbonyl (C=O) groups is 1. The summed E-state index contributed by atoms with van der Waals surface area (Å²) in [4.78, 5) is 48.4. The number of aryl methyl sites for hydroxylation is 1. The van der Waals surface area contributed by atoms with E-state index in [0.29, 0.717) is 25.2 Å². The molecule has 11 nitrogen and oxygen atoms in total. The van der Waals surface area contributed by atoms with Gasteiger partial charge < -0.3 is 8.92 Å². The Kier molecular flexibility index (Phi) is 7.21. The van der Waals surface area contributed by atoms with Gasteiger partial charge in [0, 0.05) is 13.6 Å². The second kappa shape index (κ2) is 9.03. The van der Waals surface area contributed by atoms with E-state index in [1.807, 2.05) is 0 Å². The minimum atomic E-state index is -3.87. The minimum absolute atomic E-state index is 0.189. The molecule has 0 unspecified atom stereocenters. The molecule has 0 spiro atoms. The maximum Gasteiger partial charge on any atom is 0.410 e. The summed E-state index contributed by atoms with van der Waals surface area (Å²) < 4.78 is 35.2. The summed E-state index contributed by atoms with van der Waals surface area (Å²) in [5, 5.41) is 0. The van der Waals surface area contributed by atoms with Gasteiger partial charge in [0.1, 0.15) is 17.0 Å². The van der Waals surface area contributed by atoms with Crippen molar-refractivity contribution in [2.45, 2.75) is 71.1 Å². The monoisotopic (exact) mass is 471 g/mol. The van der Waals surface area contributed by atoms with E-state index in [4.69, 9.17) is 18.5 Å². The highest BCUT2D eigenvalue weighted by Crippen LogP contribution is 2.46. The molecule has 0 N–H and O–H groups in total. The van der Waals surface area contributed by atoms with E-state index < -0.39 is 32.9 Å². The Labute approximate surface area is 186 Å². The maximum absolute atomic E-state index is 13.1. The van der Waals surface area contributed by atoms with Crippen LogP contribution in [0.25, 0.3) is 0 Å². The molecule has 0 saturated heterocycles. The maximum atomic E-state index is 13.1. The van der Waals surface area contributed by atoms with E-state index in [2.05, 4.69) is 4.98 Å². The number of nitrogens with zero attached hydrogens (tertiary/aromatic N) is 3. The molecule has 1 aromatic rings. The fraction of sp³-hybridized carbons (Fsp3) is 0.700. The van der Waals surface area contributed by atoms with Crippen LogP contribution in [0.3, 0.4) is 0 Å². The van der Waals surface area contributed by atoms with Crippen molar-refractivity contribution in [3.8, 4) is 5.75 Å². The van der Waals surface area contributed by atoms with Crippen molar-refractivity contribution in [3.63, 3.8) is 0 Å². The van der Waals surface area contributed by atoms with Crippen molar-refractivity contribution in [2.24, 2.45) is 5.92 Å². The first-order chi connectivity index (χ1) is 14.6. The number of amides is 1. The first-order valence-corrected chi connectivity index (χ1v) is 11.9. The lowest BCUT2D eigenvalue weighted by Gasteiger charge is -2.43. The topological polar surface area (TPSA) is 142 Å². The summed E-state index contributed by atoms with van der Waals surface area (Å²) in [5.41, 5.74) is -1.79. The SMILES string of the molecule is Cc1nc2n(c(=O)c1OS(C)(=O)=O)CC1CCC2(N(C)C(=O)OC(C)(C)C)CC1.O=C=O. The average Bonchev–Trinajstić information content (AvgIpc) is 2.90. The van der Waals surface area contributed by atoms with E-state index in [0.717, 1.165) is 19.1 Å². The zero-order valence-corrected chi connectivity index (χ0v) is 19.9. The van der Waals surface area contributed by atoms with Crippen LogP contribution in [0, 0.1) is 12.8 Å². The third-order valence-electron chi connectivity index (χ3n) is 5.63. The molecule has 32 heavy (non-hydrogen) atoms. The predicted octanol–water partition coefficient (Wildman–Crippen LogP) is 1.57. The summed E-state index contributed by atoms with van der Waals surface area (Å²) in [6.07, 6.45) is 3.64. The molecule has 4 rings (SSSR count). The Morgan fingerprint density at radius 3 is 2.25 bits per heavy atom. The molecule has 12 heteroatoms. The molecule has 1 fully saturated rings. The Hall–Kier alpha value is -2.72. The van der Waals surface area contributed by atoms with Crippen molar-refractivity contribution >= 4 is 22.4 Å². The molecule has 0 atom stereocenters. The van der Waals surface area contributed by atoms with Gasteiger partial charge >= 0.3 is 22.4 Å². The van der Waals surface area contributed by atoms with Gasteiger partial charge in [-0.05, 0) is 59.3 Å². The van der Waals surface area contributed by atoms with Gasteiger partial charge in [-0.1, -0.05) is 0 Å². The van der Waals surface area contributed by atoms with E-state index in [9.17, 15) is 18.0 Å². The van der Waals surface area contributed by atoms with Crippen LogP contribution in [0.1, 0.15) is 58.0 Å². The van der Waals surface area contributed by atoms with E-state index >= 15 is 0 Å². The average molecular weight is 472 g/mol. The van der Waals surface area contributed by atoms with E-state index in [1.54, 1.807) is 39.6 Å². The summed E-state index contributed by atoms with van der Waals surface area (Å²) in [6, 6.07) is 0. The van der Waals surface area contributed by atoms with Gasteiger partial charge in [-0.25, -0.2) is 9.78 Å². The fourth-order valence-electron chi connectivity index (χ4n) is 4.23. The van der Waals surface area contributed by atoms with Crippen molar-refractivity contribution < 1.29 is 31.7 Å². The summed E-state index contributed by atoms with van der Waals surface area (Å²) >= 11 is 0. The van der Waals surface area contributed by atoms with Crippen LogP contribution in [0.2, 0.25) is 0 Å². The quantitative estimate of drug-likeness (QED) is 0.600. The largest absolute Gasteiger partial charge is 0.444 e. The molecule has 3 heterocycles. The molecule has 0 radical (unpaired) electrons. The zero-order valence-electron chi connectivity index (χ0n) is 19.1. The Balaban J connectivity index is 0.00000114. The molecule has 0 aromatic carbocycles. The van der Waals surface area contributed by atoms with Gasteiger partial charge in [0.15, 0.2) is 0 Å². The molecule has 1 amide bonds. The number of hydrogen-bond acceptors (Lipinski definition) is 9. The predicted molar refractivity (Wildman–Crippen MR) is 111 cm³/mol. The lowest BCUT2D eigenvalue weighted by atomic mass is 9.76. The van der Waals surface area contributed by atoms with Gasteiger partial charge in [0.05, 0.1) is 11.9 Å². The van der Waals surface area contributed by atoms with Crippen LogP contribution in [0.4, 0.5) is 4.79 Å². The summed E-state index contributed by atoms with van der Waals surface area (Å²) in [6.45, 7) is 7.37. The van der Waals surface area contributed by atoms with Crippen LogP contribution in [0.15, 0.2) is 4.79 Å². The molecule has 2 aliphatic heterocycles. The van der Waals surface area contributed by atoms with Gasteiger partial charge in [-0.15, -0.1) is 0 Å². The van der Waals surface area contributed by atoms with Crippen molar-refractivity contribution in [2.75, 3.05) is 13.3 Å². The van der Waals surface area contributed by atoms with Gasteiger partial charge in [0.2, 0.25) is 5.75 Å². The Morgan fingerprint density at radius 2 is 1.78 bits per heavy atom. The molecule has 1 aromatic heterocycles. The normalized spacial score (nSPS) is 21.9. The molecular formula is C20H29N3O8S. The van der Waals surface area contributed by atoms with Crippen LogP contribution >= 0.6 is 0 Å². The molecule has 1 saturated carbocycles. The number of ether oxygens (including phenoxy) is 1. The second-order valence-corrected chi connectivity index (χ2v) is 10.7. The lowest BCUT2D eigenvalue weighted by Crippen LogP contribution is -2.51. The lowest BCUT2D eigenvalue weighted by molar-refractivity contribution is -0.191. The molecular weight excluding hydrogens is 442 g/mol. The third kappa shape index (κ3) is 5.36. The van der Waals surface area contributed by atoms with Crippen LogP contribution in [0.5, 0.6) is 5.75 Å². The summed E-state index contributed by atoms with van der Waals surface area (Å²) in [7, 11) is -2.20. The highest BCUT2D eigenvalue weighted by Gasteiger charge is 2.49. The molecule has 1 aliphatic carbocycles. The van der Waals surface area contributed by atoms with Gasteiger partial charge in [-0.2, -0.15) is 18.0 Å². The van der Waals surface area contributed by atoms with Crippen LogP contribution < -0.4 is 9.74 Å². The fourth-order valence-corrected chi connectivity index (χ4v) is 4.72. The first-order valence-electron chi connectivity index (χ1n) is 10.1. The smallest absolute Gasteiger partial charge is 0.410 e. The van der Waals surface area contributed by atoms with Gasteiger partial charge in [0.25, 0.3) is 5.56 Å². The minimum Gasteiger partial charge on any atom is -0.444 e. The van der Waals surface area contributed by atoms with Crippen molar-refractivity contribution in [1.29, 1.82) is 0 Å². The number of rotatable bonds is 3. The highest BCUT2D eigenvalue weighted by atomic mass is 32.2. The van der Waals surface area contributed by atoms with Crippen LogP contribution in [-0.2, 0) is 36.5 Å². The summed E-state index contributed by atoms with van der Waals surface area (Å²) in [5.74, 6) is 0.437.